The molecule has 0 radical (unpaired) electrons. The molecule has 19 heavy (non-hydrogen) atoms. The van der Waals surface area contributed by atoms with E-state index in [9.17, 15) is 9.18 Å². The summed E-state index contributed by atoms with van der Waals surface area (Å²) in [4.78, 5) is 14.9. The molecule has 4 nitrogen and oxygen atoms in total. The predicted molar refractivity (Wildman–Crippen MR) is 69.7 cm³/mol. The number of anilines is 1. The summed E-state index contributed by atoms with van der Waals surface area (Å²) < 4.78 is 12.9. The number of carbonyl (C=O) groups is 1. The van der Waals surface area contributed by atoms with Crippen LogP contribution in [-0.4, -0.2) is 48.7 Å². The highest BCUT2D eigenvalue weighted by Crippen LogP contribution is 2.40. The van der Waals surface area contributed by atoms with Crippen LogP contribution >= 0.6 is 0 Å². The summed E-state index contributed by atoms with van der Waals surface area (Å²) >= 11 is 0. The van der Waals surface area contributed by atoms with Crippen molar-refractivity contribution >= 4 is 11.7 Å². The van der Waals surface area contributed by atoms with E-state index in [1.54, 1.807) is 0 Å². The molecule has 0 amide bonds. The molecule has 1 N–H and O–H groups in total. The van der Waals surface area contributed by atoms with Gasteiger partial charge in [0.25, 0.3) is 0 Å². The van der Waals surface area contributed by atoms with Gasteiger partial charge in [-0.2, -0.15) is 0 Å². The highest BCUT2D eigenvalue weighted by Gasteiger charge is 2.47. The van der Waals surface area contributed by atoms with E-state index in [-0.39, 0.29) is 17.8 Å². The second-order valence-corrected chi connectivity index (χ2v) is 5.69. The first-order valence-corrected chi connectivity index (χ1v) is 6.51. The van der Waals surface area contributed by atoms with Crippen molar-refractivity contribution in [1.29, 1.82) is 0 Å². The molecule has 3 rings (SSSR count). The fourth-order valence-corrected chi connectivity index (χ4v) is 3.27. The molecule has 1 spiro atoms. The van der Waals surface area contributed by atoms with Crippen LogP contribution in [0.25, 0.3) is 0 Å². The Kier molecular flexibility index (Phi) is 2.93. The Labute approximate surface area is 111 Å². The third-order valence-electron chi connectivity index (χ3n) is 4.11. The summed E-state index contributed by atoms with van der Waals surface area (Å²) in [6, 6.07) is 6.58. The van der Waals surface area contributed by atoms with Crippen molar-refractivity contribution in [3.05, 3.63) is 30.1 Å². The molecule has 2 aliphatic heterocycles. The molecule has 5 heteroatoms. The Morgan fingerprint density at radius 1 is 1.26 bits per heavy atom. The number of carboxylic acid groups (broad SMARTS) is 1. The van der Waals surface area contributed by atoms with E-state index in [1.165, 1.54) is 12.1 Å². The number of halogens is 1. The van der Waals surface area contributed by atoms with Gasteiger partial charge in [-0.1, -0.05) is 0 Å². The van der Waals surface area contributed by atoms with E-state index < -0.39 is 5.97 Å². The van der Waals surface area contributed by atoms with Gasteiger partial charge in [-0.05, 0) is 30.7 Å². The number of benzene rings is 1. The summed E-state index contributed by atoms with van der Waals surface area (Å²) in [6.45, 7) is 3.76. The SMILES string of the molecule is O=C(O)CN1CC2(CCN(c3ccc(F)cc3)C2)C1. The molecule has 0 unspecified atom stereocenters. The molecule has 0 aliphatic carbocycles. The third kappa shape index (κ3) is 2.42. The number of aliphatic carboxylic acids is 1. The largest absolute Gasteiger partial charge is 0.480 e. The Morgan fingerprint density at radius 3 is 2.58 bits per heavy atom. The van der Waals surface area contributed by atoms with Crippen LogP contribution in [0.4, 0.5) is 10.1 Å². The van der Waals surface area contributed by atoms with Crippen LogP contribution in [0.3, 0.4) is 0 Å². The van der Waals surface area contributed by atoms with Crippen LogP contribution in [-0.2, 0) is 4.79 Å². The van der Waals surface area contributed by atoms with Crippen LogP contribution in [0.2, 0.25) is 0 Å². The van der Waals surface area contributed by atoms with E-state index in [0.717, 1.165) is 38.3 Å². The zero-order valence-corrected chi connectivity index (χ0v) is 10.7. The maximum atomic E-state index is 12.9. The average Bonchev–Trinajstić information content (AvgIpc) is 2.74. The normalized spacial score (nSPS) is 21.6. The number of nitrogens with zero attached hydrogens (tertiary/aromatic N) is 2. The molecular weight excluding hydrogens is 247 g/mol. The smallest absolute Gasteiger partial charge is 0.317 e. The van der Waals surface area contributed by atoms with Gasteiger partial charge in [-0.15, -0.1) is 0 Å². The monoisotopic (exact) mass is 264 g/mol. The van der Waals surface area contributed by atoms with Crippen molar-refractivity contribution < 1.29 is 14.3 Å². The summed E-state index contributed by atoms with van der Waals surface area (Å²) in [5.74, 6) is -0.975. The van der Waals surface area contributed by atoms with Gasteiger partial charge in [0.05, 0.1) is 6.54 Å². The maximum Gasteiger partial charge on any atom is 0.317 e. The fourth-order valence-electron chi connectivity index (χ4n) is 3.27. The molecule has 102 valence electrons. The Balaban J connectivity index is 1.59. The lowest BCUT2D eigenvalue weighted by Gasteiger charge is -2.47. The minimum Gasteiger partial charge on any atom is -0.480 e. The van der Waals surface area contributed by atoms with Gasteiger partial charge in [-0.3, -0.25) is 9.69 Å². The third-order valence-corrected chi connectivity index (χ3v) is 4.11. The Hall–Kier alpha value is -1.62. The van der Waals surface area contributed by atoms with Crippen molar-refractivity contribution in [3.63, 3.8) is 0 Å². The molecule has 2 fully saturated rings. The first-order chi connectivity index (χ1) is 9.06. The molecule has 2 aliphatic rings. The topological polar surface area (TPSA) is 43.8 Å². The van der Waals surface area contributed by atoms with Gasteiger partial charge < -0.3 is 10.0 Å². The summed E-state index contributed by atoms with van der Waals surface area (Å²) in [5, 5.41) is 8.75. The molecule has 0 saturated carbocycles. The summed E-state index contributed by atoms with van der Waals surface area (Å²) in [7, 11) is 0. The van der Waals surface area contributed by atoms with Crippen LogP contribution in [0.1, 0.15) is 6.42 Å². The van der Waals surface area contributed by atoms with Crippen molar-refractivity contribution in [2.45, 2.75) is 6.42 Å². The summed E-state index contributed by atoms with van der Waals surface area (Å²) in [6.07, 6.45) is 1.08. The number of hydrogen-bond acceptors (Lipinski definition) is 3. The van der Waals surface area contributed by atoms with Gasteiger partial charge in [0.2, 0.25) is 0 Å². The van der Waals surface area contributed by atoms with Crippen molar-refractivity contribution in [3.8, 4) is 0 Å². The lowest BCUT2D eigenvalue weighted by molar-refractivity contribution is -0.141. The molecule has 0 aromatic heterocycles. The van der Waals surface area contributed by atoms with Crippen molar-refractivity contribution in [2.24, 2.45) is 5.41 Å². The Bertz CT molecular complexity index is 483. The van der Waals surface area contributed by atoms with E-state index in [4.69, 9.17) is 5.11 Å². The van der Waals surface area contributed by atoms with E-state index >= 15 is 0 Å². The molecule has 1 aromatic rings. The minimum atomic E-state index is -0.761. The van der Waals surface area contributed by atoms with Gasteiger partial charge in [-0.25, -0.2) is 4.39 Å². The highest BCUT2D eigenvalue weighted by atomic mass is 19.1. The van der Waals surface area contributed by atoms with E-state index in [2.05, 4.69) is 4.90 Å². The van der Waals surface area contributed by atoms with Crippen LogP contribution in [0, 0.1) is 11.2 Å². The number of carboxylic acids is 1. The number of hydrogen-bond donors (Lipinski definition) is 1. The van der Waals surface area contributed by atoms with Crippen LogP contribution < -0.4 is 4.90 Å². The van der Waals surface area contributed by atoms with Gasteiger partial charge >= 0.3 is 5.97 Å². The van der Waals surface area contributed by atoms with Crippen molar-refractivity contribution in [1.82, 2.24) is 4.90 Å². The Morgan fingerprint density at radius 2 is 1.95 bits per heavy atom. The molecule has 0 bridgehead atoms. The first kappa shape index (κ1) is 12.4. The van der Waals surface area contributed by atoms with Crippen molar-refractivity contribution in [2.75, 3.05) is 37.6 Å². The first-order valence-electron chi connectivity index (χ1n) is 6.51. The van der Waals surface area contributed by atoms with E-state index in [0.29, 0.717) is 0 Å². The zero-order chi connectivity index (χ0) is 13.5. The lowest BCUT2D eigenvalue weighted by Crippen LogP contribution is -2.58. The molecule has 1 aromatic carbocycles. The van der Waals surface area contributed by atoms with Gasteiger partial charge in [0, 0.05) is 37.3 Å². The molecule has 2 saturated heterocycles. The standard InChI is InChI=1S/C14H17FN2O2/c15-11-1-3-12(4-2-11)17-6-5-14(10-17)8-16(9-14)7-13(18)19/h1-4H,5-10H2,(H,18,19). The average molecular weight is 264 g/mol. The second kappa shape index (κ2) is 4.49. The van der Waals surface area contributed by atoms with E-state index in [1.807, 2.05) is 17.0 Å². The lowest BCUT2D eigenvalue weighted by atomic mass is 9.79. The van der Waals surface area contributed by atoms with Crippen LogP contribution in [0.15, 0.2) is 24.3 Å². The van der Waals surface area contributed by atoms with Crippen LogP contribution in [0.5, 0.6) is 0 Å². The molecular formula is C14H17FN2O2. The van der Waals surface area contributed by atoms with Gasteiger partial charge in [0.15, 0.2) is 0 Å². The molecule has 0 atom stereocenters. The minimum absolute atomic E-state index is 0.137. The number of rotatable bonds is 3. The molecule has 2 heterocycles. The highest BCUT2D eigenvalue weighted by molar-refractivity contribution is 5.69. The zero-order valence-electron chi connectivity index (χ0n) is 10.7. The number of likely N-dealkylation sites (tertiary alicyclic amines) is 1. The second-order valence-electron chi connectivity index (χ2n) is 5.69. The fraction of sp³-hybridized carbons (Fsp3) is 0.500. The summed E-state index contributed by atoms with van der Waals surface area (Å²) in [5.41, 5.74) is 1.29. The van der Waals surface area contributed by atoms with Gasteiger partial charge in [0.1, 0.15) is 5.82 Å². The quantitative estimate of drug-likeness (QED) is 0.896. The predicted octanol–water partition coefficient (Wildman–Crippen LogP) is 1.42. The maximum absolute atomic E-state index is 12.9.